The van der Waals surface area contributed by atoms with E-state index in [1.165, 1.54) is 11.3 Å². The first-order valence-corrected chi connectivity index (χ1v) is 6.57. The van der Waals surface area contributed by atoms with Gasteiger partial charge in [-0.15, -0.1) is 11.3 Å². The van der Waals surface area contributed by atoms with Gasteiger partial charge in [-0.3, -0.25) is 10.1 Å². The van der Waals surface area contributed by atoms with Crippen molar-refractivity contribution in [2.45, 2.75) is 32.3 Å². The van der Waals surface area contributed by atoms with Gasteiger partial charge >= 0.3 is 5.97 Å². The minimum atomic E-state index is -1.17. The molecule has 102 valence electrons. The van der Waals surface area contributed by atoms with Crippen LogP contribution in [0.5, 0.6) is 0 Å². The van der Waals surface area contributed by atoms with E-state index in [1.54, 1.807) is 0 Å². The molecule has 0 aliphatic carbocycles. The molecule has 2 heterocycles. The number of thiazole rings is 1. The Hall–Kier alpha value is -1.96. The zero-order chi connectivity index (χ0) is 14.0. The predicted octanol–water partition coefficient (Wildman–Crippen LogP) is 1.43. The standard InChI is InChI=1S/C11H13N3O4S/c1-5(2)7-4-19-11(12-7)13-9(15)8-3-6(10(16)17)14-18-8/h4-5,8H,3H2,1-2H3,(H,16,17)(H,12,13,15). The lowest BCUT2D eigenvalue weighted by molar-refractivity contribution is -0.129. The second kappa shape index (κ2) is 5.35. The zero-order valence-electron chi connectivity index (χ0n) is 10.4. The van der Waals surface area contributed by atoms with E-state index in [1.807, 2.05) is 19.2 Å². The normalized spacial score (nSPS) is 18.1. The van der Waals surface area contributed by atoms with E-state index in [9.17, 15) is 9.59 Å². The molecule has 0 radical (unpaired) electrons. The average Bonchev–Trinajstić information content (AvgIpc) is 2.96. The summed E-state index contributed by atoms with van der Waals surface area (Å²) in [5.41, 5.74) is 0.747. The highest BCUT2D eigenvalue weighted by Gasteiger charge is 2.31. The number of nitrogens with one attached hydrogen (secondary N) is 1. The molecular weight excluding hydrogens is 270 g/mol. The first kappa shape index (κ1) is 13.5. The van der Waals surface area contributed by atoms with E-state index in [4.69, 9.17) is 9.94 Å². The Kier molecular flexibility index (Phi) is 3.79. The van der Waals surface area contributed by atoms with E-state index >= 15 is 0 Å². The van der Waals surface area contributed by atoms with Crippen LogP contribution in [0.15, 0.2) is 10.5 Å². The lowest BCUT2D eigenvalue weighted by Gasteiger charge is -2.06. The number of aliphatic carboxylic acids is 1. The van der Waals surface area contributed by atoms with Crippen molar-refractivity contribution in [1.29, 1.82) is 0 Å². The highest BCUT2D eigenvalue weighted by atomic mass is 32.1. The van der Waals surface area contributed by atoms with Crippen LogP contribution in [0.25, 0.3) is 0 Å². The van der Waals surface area contributed by atoms with E-state index < -0.39 is 18.0 Å². The smallest absolute Gasteiger partial charge is 0.353 e. The zero-order valence-corrected chi connectivity index (χ0v) is 11.2. The van der Waals surface area contributed by atoms with Gasteiger partial charge in [-0.1, -0.05) is 19.0 Å². The van der Waals surface area contributed by atoms with Crippen LogP contribution in [0.2, 0.25) is 0 Å². The second-order valence-electron chi connectivity index (χ2n) is 4.36. The first-order valence-electron chi connectivity index (χ1n) is 5.69. The number of nitrogens with zero attached hydrogens (tertiary/aromatic N) is 2. The summed E-state index contributed by atoms with van der Waals surface area (Å²) in [5, 5.41) is 17.0. The highest BCUT2D eigenvalue weighted by molar-refractivity contribution is 7.13. The molecule has 2 N–H and O–H groups in total. The molecule has 19 heavy (non-hydrogen) atoms. The number of carboxylic acid groups (broad SMARTS) is 1. The maximum absolute atomic E-state index is 11.8. The number of amides is 1. The topological polar surface area (TPSA) is 101 Å². The number of carbonyl (C=O) groups is 2. The molecule has 1 aliphatic rings. The van der Waals surface area contributed by atoms with Crippen molar-refractivity contribution in [3.05, 3.63) is 11.1 Å². The largest absolute Gasteiger partial charge is 0.477 e. The van der Waals surface area contributed by atoms with Crippen LogP contribution >= 0.6 is 11.3 Å². The van der Waals surface area contributed by atoms with Gasteiger partial charge in [0.1, 0.15) is 0 Å². The third kappa shape index (κ3) is 3.08. The van der Waals surface area contributed by atoms with Crippen LogP contribution in [-0.2, 0) is 14.4 Å². The van der Waals surface area contributed by atoms with Gasteiger partial charge in [-0.2, -0.15) is 0 Å². The van der Waals surface area contributed by atoms with Crippen LogP contribution in [0.4, 0.5) is 5.13 Å². The fourth-order valence-corrected chi connectivity index (χ4v) is 2.31. The minimum absolute atomic E-state index is 0.0381. The Morgan fingerprint density at radius 2 is 2.32 bits per heavy atom. The van der Waals surface area contributed by atoms with E-state index in [0.29, 0.717) is 5.13 Å². The van der Waals surface area contributed by atoms with Crippen molar-refractivity contribution in [1.82, 2.24) is 4.98 Å². The molecule has 0 spiro atoms. The Labute approximate surface area is 113 Å². The lowest BCUT2D eigenvalue weighted by Crippen LogP contribution is -2.28. The predicted molar refractivity (Wildman–Crippen MR) is 69.4 cm³/mol. The Morgan fingerprint density at radius 3 is 2.84 bits per heavy atom. The van der Waals surface area contributed by atoms with Gasteiger partial charge in [-0.05, 0) is 5.92 Å². The summed E-state index contributed by atoms with van der Waals surface area (Å²) in [6.45, 7) is 4.02. The van der Waals surface area contributed by atoms with Crippen molar-refractivity contribution in [3.63, 3.8) is 0 Å². The number of hydrogen-bond donors (Lipinski definition) is 2. The van der Waals surface area contributed by atoms with Crippen LogP contribution in [0.1, 0.15) is 31.9 Å². The van der Waals surface area contributed by atoms with Gasteiger partial charge in [0, 0.05) is 11.8 Å². The van der Waals surface area contributed by atoms with Crippen molar-refractivity contribution in [3.8, 4) is 0 Å². The van der Waals surface area contributed by atoms with Crippen LogP contribution in [0.3, 0.4) is 0 Å². The molecule has 0 saturated carbocycles. The summed E-state index contributed by atoms with van der Waals surface area (Å²) >= 11 is 1.32. The number of oxime groups is 1. The molecule has 0 bridgehead atoms. The molecule has 1 amide bonds. The Bertz CT molecular complexity index is 538. The molecule has 7 nitrogen and oxygen atoms in total. The number of hydrogen-bond acceptors (Lipinski definition) is 6. The minimum Gasteiger partial charge on any atom is -0.477 e. The molecule has 1 unspecified atom stereocenters. The summed E-state index contributed by atoms with van der Waals surface area (Å²) < 4.78 is 0. The fourth-order valence-electron chi connectivity index (χ4n) is 1.44. The van der Waals surface area contributed by atoms with E-state index in [-0.39, 0.29) is 18.1 Å². The summed E-state index contributed by atoms with van der Waals surface area (Å²) in [5.74, 6) is -1.33. The average molecular weight is 283 g/mol. The molecule has 8 heteroatoms. The van der Waals surface area contributed by atoms with Gasteiger partial charge in [0.05, 0.1) is 5.69 Å². The third-order valence-electron chi connectivity index (χ3n) is 2.55. The third-order valence-corrected chi connectivity index (χ3v) is 3.33. The molecular formula is C11H13N3O4S. The number of aromatic nitrogens is 1. The maximum Gasteiger partial charge on any atom is 0.353 e. The monoisotopic (exact) mass is 283 g/mol. The van der Waals surface area contributed by atoms with E-state index in [0.717, 1.165) is 5.69 Å². The number of carboxylic acids is 1. The number of carbonyl (C=O) groups excluding carboxylic acids is 1. The number of rotatable bonds is 4. The molecule has 2 rings (SSSR count). The summed E-state index contributed by atoms with van der Waals surface area (Å²) in [6, 6.07) is 0. The van der Waals surface area contributed by atoms with Crippen molar-refractivity contribution in [2.24, 2.45) is 5.16 Å². The molecule has 0 aromatic carbocycles. The van der Waals surface area contributed by atoms with Gasteiger partial charge in [0.15, 0.2) is 10.8 Å². The van der Waals surface area contributed by atoms with Crippen LogP contribution in [-0.4, -0.2) is 33.8 Å². The molecule has 1 atom stereocenters. The van der Waals surface area contributed by atoms with E-state index in [2.05, 4.69) is 15.5 Å². The first-order chi connectivity index (χ1) is 8.97. The van der Waals surface area contributed by atoms with Gasteiger partial charge in [-0.25, -0.2) is 9.78 Å². The Morgan fingerprint density at radius 1 is 1.58 bits per heavy atom. The van der Waals surface area contributed by atoms with Crippen molar-refractivity contribution >= 4 is 34.1 Å². The maximum atomic E-state index is 11.8. The van der Waals surface area contributed by atoms with Crippen molar-refractivity contribution < 1.29 is 19.5 Å². The van der Waals surface area contributed by atoms with Crippen LogP contribution < -0.4 is 5.32 Å². The van der Waals surface area contributed by atoms with Gasteiger partial charge < -0.3 is 9.94 Å². The number of anilines is 1. The van der Waals surface area contributed by atoms with Crippen molar-refractivity contribution in [2.75, 3.05) is 5.32 Å². The molecule has 1 aliphatic heterocycles. The quantitative estimate of drug-likeness (QED) is 0.870. The van der Waals surface area contributed by atoms with Crippen LogP contribution in [0, 0.1) is 0 Å². The fraction of sp³-hybridized carbons (Fsp3) is 0.455. The van der Waals surface area contributed by atoms with Gasteiger partial charge in [0.25, 0.3) is 5.91 Å². The molecule has 1 aromatic rings. The lowest BCUT2D eigenvalue weighted by atomic mass is 10.2. The SMILES string of the molecule is CC(C)c1csc(NC(=O)C2CC(C(=O)O)=NO2)n1. The molecule has 1 aromatic heterocycles. The summed E-state index contributed by atoms with van der Waals surface area (Å²) in [4.78, 5) is 31.5. The Balaban J connectivity index is 1.93. The summed E-state index contributed by atoms with van der Waals surface area (Å²) in [6.07, 6.45) is -0.943. The van der Waals surface area contributed by atoms with Gasteiger partial charge in [0.2, 0.25) is 6.10 Å². The molecule has 0 fully saturated rings. The second-order valence-corrected chi connectivity index (χ2v) is 5.22. The summed E-state index contributed by atoms with van der Waals surface area (Å²) in [7, 11) is 0. The highest BCUT2D eigenvalue weighted by Crippen LogP contribution is 2.22. The molecule has 0 saturated heterocycles.